The highest BCUT2D eigenvalue weighted by atomic mass is 35.5. The molecular weight excluding hydrogens is 455 g/mol. The summed E-state index contributed by atoms with van der Waals surface area (Å²) in [5, 5.41) is 6.52. The standard InChI is InChI=1S/C27H28Cl2N2O2/c1-17(30-25(32)20-8-5-6-9-21(20)27(2,3)4)16-18-12-14-19(15-13-18)31-26(33)24-22(28)10-7-11-23(24)29/h5-15,17H,16H2,1-4H3,(H,30,32)(H,31,33). The average molecular weight is 483 g/mol. The highest BCUT2D eigenvalue weighted by Crippen LogP contribution is 2.27. The molecule has 1 atom stereocenters. The van der Waals surface area contributed by atoms with Gasteiger partial charge in [0.2, 0.25) is 0 Å². The summed E-state index contributed by atoms with van der Waals surface area (Å²) in [7, 11) is 0. The van der Waals surface area contributed by atoms with E-state index < -0.39 is 0 Å². The molecule has 6 heteroatoms. The predicted molar refractivity (Wildman–Crippen MR) is 137 cm³/mol. The zero-order valence-electron chi connectivity index (χ0n) is 19.2. The Morgan fingerprint density at radius 1 is 0.848 bits per heavy atom. The molecule has 4 nitrogen and oxygen atoms in total. The first-order chi connectivity index (χ1) is 15.6. The van der Waals surface area contributed by atoms with Crippen LogP contribution in [0.4, 0.5) is 5.69 Å². The minimum Gasteiger partial charge on any atom is -0.349 e. The molecule has 3 aromatic carbocycles. The van der Waals surface area contributed by atoms with Gasteiger partial charge in [0.25, 0.3) is 11.8 Å². The largest absolute Gasteiger partial charge is 0.349 e. The molecule has 0 aliphatic carbocycles. The van der Waals surface area contributed by atoms with Crippen LogP contribution in [0.15, 0.2) is 66.7 Å². The number of rotatable bonds is 6. The van der Waals surface area contributed by atoms with Crippen molar-refractivity contribution in [3.05, 3.63) is 99.0 Å². The van der Waals surface area contributed by atoms with Crippen molar-refractivity contribution in [3.63, 3.8) is 0 Å². The van der Waals surface area contributed by atoms with E-state index in [4.69, 9.17) is 23.2 Å². The number of amides is 2. The summed E-state index contributed by atoms with van der Waals surface area (Å²) in [6, 6.07) is 20.1. The monoisotopic (exact) mass is 482 g/mol. The fourth-order valence-electron chi connectivity index (χ4n) is 3.67. The minimum absolute atomic E-state index is 0.0621. The number of carbonyl (C=O) groups is 2. The Morgan fingerprint density at radius 3 is 2.06 bits per heavy atom. The van der Waals surface area contributed by atoms with E-state index in [9.17, 15) is 9.59 Å². The normalized spacial score (nSPS) is 12.2. The summed E-state index contributed by atoms with van der Waals surface area (Å²) in [5.41, 5.74) is 3.53. The van der Waals surface area contributed by atoms with Gasteiger partial charge in [0.15, 0.2) is 0 Å². The van der Waals surface area contributed by atoms with Crippen molar-refractivity contribution in [2.45, 2.75) is 45.6 Å². The molecule has 0 aromatic heterocycles. The first kappa shape index (κ1) is 24.8. The number of nitrogens with one attached hydrogen (secondary N) is 2. The van der Waals surface area contributed by atoms with Gasteiger partial charge in [-0.3, -0.25) is 9.59 Å². The smallest absolute Gasteiger partial charge is 0.258 e. The molecule has 0 heterocycles. The van der Waals surface area contributed by atoms with Crippen LogP contribution in [-0.2, 0) is 11.8 Å². The summed E-state index contributed by atoms with van der Waals surface area (Å²) in [6.45, 7) is 8.28. The van der Waals surface area contributed by atoms with Crippen LogP contribution in [0, 0.1) is 0 Å². The zero-order chi connectivity index (χ0) is 24.2. The van der Waals surface area contributed by atoms with Gasteiger partial charge >= 0.3 is 0 Å². The molecule has 172 valence electrons. The molecule has 0 fully saturated rings. The number of anilines is 1. The maximum atomic E-state index is 12.9. The van der Waals surface area contributed by atoms with Crippen molar-refractivity contribution < 1.29 is 9.59 Å². The van der Waals surface area contributed by atoms with E-state index in [-0.39, 0.29) is 28.8 Å². The van der Waals surface area contributed by atoms with Crippen molar-refractivity contribution in [1.82, 2.24) is 5.32 Å². The van der Waals surface area contributed by atoms with Gasteiger partial charge in [-0.15, -0.1) is 0 Å². The van der Waals surface area contributed by atoms with E-state index in [1.54, 1.807) is 18.2 Å². The summed E-state index contributed by atoms with van der Waals surface area (Å²) >= 11 is 12.2. The molecule has 0 radical (unpaired) electrons. The highest BCUT2D eigenvalue weighted by Gasteiger charge is 2.22. The zero-order valence-corrected chi connectivity index (χ0v) is 20.7. The lowest BCUT2D eigenvalue weighted by Crippen LogP contribution is -2.35. The van der Waals surface area contributed by atoms with E-state index >= 15 is 0 Å². The summed E-state index contributed by atoms with van der Waals surface area (Å²) in [6.07, 6.45) is 0.661. The van der Waals surface area contributed by atoms with Crippen molar-refractivity contribution in [1.29, 1.82) is 0 Å². The van der Waals surface area contributed by atoms with Crippen molar-refractivity contribution >= 4 is 40.7 Å². The SMILES string of the molecule is CC(Cc1ccc(NC(=O)c2c(Cl)cccc2Cl)cc1)NC(=O)c1ccccc1C(C)(C)C. The van der Waals surface area contributed by atoms with E-state index in [0.29, 0.717) is 27.7 Å². The van der Waals surface area contributed by atoms with Gasteiger partial charge in [0.1, 0.15) is 0 Å². The number of carbonyl (C=O) groups excluding carboxylic acids is 2. The lowest BCUT2D eigenvalue weighted by atomic mass is 9.83. The Labute approximate surface area is 205 Å². The van der Waals surface area contributed by atoms with Gasteiger partial charge in [0.05, 0.1) is 15.6 Å². The van der Waals surface area contributed by atoms with Crippen molar-refractivity contribution in [2.24, 2.45) is 0 Å². The molecule has 0 aliphatic heterocycles. The Hall–Kier alpha value is -2.82. The van der Waals surface area contributed by atoms with E-state index in [1.807, 2.05) is 55.5 Å². The maximum absolute atomic E-state index is 12.9. The number of halogens is 2. The number of benzene rings is 3. The van der Waals surface area contributed by atoms with Crippen LogP contribution in [0.25, 0.3) is 0 Å². The number of hydrogen-bond acceptors (Lipinski definition) is 2. The van der Waals surface area contributed by atoms with E-state index in [2.05, 4.69) is 31.4 Å². The molecule has 3 rings (SSSR count). The molecule has 0 spiro atoms. The third kappa shape index (κ3) is 6.37. The molecule has 3 aromatic rings. The fraction of sp³-hybridized carbons (Fsp3) is 0.259. The Kier molecular flexibility index (Phi) is 7.83. The first-order valence-electron chi connectivity index (χ1n) is 10.8. The van der Waals surface area contributed by atoms with Crippen LogP contribution >= 0.6 is 23.2 Å². The summed E-state index contributed by atoms with van der Waals surface area (Å²) < 4.78 is 0. The molecule has 0 bridgehead atoms. The van der Waals surface area contributed by atoms with Gasteiger partial charge in [-0.1, -0.05) is 80.4 Å². The molecule has 2 amide bonds. The molecular formula is C27H28Cl2N2O2. The lowest BCUT2D eigenvalue weighted by Gasteiger charge is -2.23. The molecule has 2 N–H and O–H groups in total. The Morgan fingerprint density at radius 2 is 1.45 bits per heavy atom. The van der Waals surface area contributed by atoms with Crippen LogP contribution in [0.3, 0.4) is 0 Å². The molecule has 0 saturated heterocycles. The summed E-state index contributed by atoms with van der Waals surface area (Å²) in [5.74, 6) is -0.440. The van der Waals surface area contributed by atoms with Crippen LogP contribution in [0.2, 0.25) is 10.0 Å². The van der Waals surface area contributed by atoms with E-state index in [1.165, 1.54) is 0 Å². The minimum atomic E-state index is -0.364. The Balaban J connectivity index is 1.62. The van der Waals surface area contributed by atoms with Gasteiger partial charge in [-0.2, -0.15) is 0 Å². The third-order valence-electron chi connectivity index (χ3n) is 5.30. The second-order valence-corrected chi connectivity index (χ2v) is 9.94. The second kappa shape index (κ2) is 10.4. The average Bonchev–Trinajstić information content (AvgIpc) is 2.74. The van der Waals surface area contributed by atoms with Crippen LogP contribution in [0.1, 0.15) is 59.5 Å². The van der Waals surface area contributed by atoms with Gasteiger partial charge < -0.3 is 10.6 Å². The quantitative estimate of drug-likeness (QED) is 0.401. The van der Waals surface area contributed by atoms with E-state index in [0.717, 1.165) is 11.1 Å². The molecule has 0 aliphatic rings. The molecule has 33 heavy (non-hydrogen) atoms. The predicted octanol–water partition coefficient (Wildman–Crippen LogP) is 6.90. The van der Waals surface area contributed by atoms with Crippen molar-refractivity contribution in [3.8, 4) is 0 Å². The van der Waals surface area contributed by atoms with Crippen molar-refractivity contribution in [2.75, 3.05) is 5.32 Å². The topological polar surface area (TPSA) is 58.2 Å². The second-order valence-electron chi connectivity index (χ2n) is 9.12. The van der Waals surface area contributed by atoms with Gasteiger partial charge in [-0.05, 0) is 60.2 Å². The molecule has 0 saturated carbocycles. The Bertz CT molecular complexity index is 1130. The van der Waals surface area contributed by atoms with Crippen LogP contribution < -0.4 is 10.6 Å². The first-order valence-corrected chi connectivity index (χ1v) is 11.6. The molecule has 1 unspecified atom stereocenters. The summed E-state index contributed by atoms with van der Waals surface area (Å²) in [4.78, 5) is 25.4. The highest BCUT2D eigenvalue weighted by molar-refractivity contribution is 6.40. The van der Waals surface area contributed by atoms with Crippen LogP contribution in [0.5, 0.6) is 0 Å². The van der Waals surface area contributed by atoms with Gasteiger partial charge in [-0.25, -0.2) is 0 Å². The number of hydrogen-bond donors (Lipinski definition) is 2. The lowest BCUT2D eigenvalue weighted by molar-refractivity contribution is 0.0937. The fourth-order valence-corrected chi connectivity index (χ4v) is 4.24. The van der Waals surface area contributed by atoms with Crippen LogP contribution in [-0.4, -0.2) is 17.9 Å². The third-order valence-corrected chi connectivity index (χ3v) is 5.93. The maximum Gasteiger partial charge on any atom is 0.258 e. The van der Waals surface area contributed by atoms with Gasteiger partial charge in [0, 0.05) is 17.3 Å².